The molecule has 2 nitrogen and oxygen atoms in total. The number of hydrogen-bond acceptors (Lipinski definition) is 2. The first-order valence-electron chi connectivity index (χ1n) is 5.33. The molecule has 4 rings (SSSR count). The molecule has 0 unspecified atom stereocenters. The monoisotopic (exact) mass is 176 g/mol. The van der Waals surface area contributed by atoms with Crippen molar-refractivity contribution in [3.63, 3.8) is 0 Å². The molecule has 0 aliphatic heterocycles. The summed E-state index contributed by atoms with van der Waals surface area (Å²) in [6.45, 7) is 0. The largest absolute Gasteiger partial charge is 0.299 e. The van der Waals surface area contributed by atoms with E-state index in [1.165, 1.54) is 6.42 Å². The molecule has 0 aromatic carbocycles. The maximum absolute atomic E-state index is 11.6. The number of carbonyl (C=O) groups excluding carboxylic acids is 2. The van der Waals surface area contributed by atoms with Crippen LogP contribution in [0.3, 0.4) is 0 Å². The molecule has 13 heavy (non-hydrogen) atoms. The van der Waals surface area contributed by atoms with Crippen molar-refractivity contribution < 1.29 is 9.59 Å². The molecule has 0 bridgehead atoms. The number of carbonyl (C=O) groups is 2. The standard InChI is InChI=1S/C11H12O2/c12-6-2-4-1-5-3-7(13)11-9(5)8(4)10(6)11/h4-5,8-11H,1-3H2/t4-,5-,8-,9-,10-,11-/m0/s1. The zero-order valence-electron chi connectivity index (χ0n) is 7.40. The molecule has 0 aromatic heterocycles. The van der Waals surface area contributed by atoms with E-state index < -0.39 is 0 Å². The zero-order chi connectivity index (χ0) is 8.74. The van der Waals surface area contributed by atoms with E-state index in [1.807, 2.05) is 0 Å². The molecule has 0 amide bonds. The van der Waals surface area contributed by atoms with Gasteiger partial charge in [-0.05, 0) is 30.1 Å². The molecule has 0 aromatic rings. The van der Waals surface area contributed by atoms with Gasteiger partial charge in [0, 0.05) is 24.7 Å². The lowest BCUT2D eigenvalue weighted by molar-refractivity contribution is -0.139. The highest BCUT2D eigenvalue weighted by atomic mass is 16.1. The molecule has 4 aliphatic carbocycles. The smallest absolute Gasteiger partial charge is 0.137 e. The Kier molecular flexibility index (Phi) is 0.907. The second-order valence-electron chi connectivity index (χ2n) is 5.30. The maximum atomic E-state index is 11.6. The average molecular weight is 176 g/mol. The van der Waals surface area contributed by atoms with Gasteiger partial charge in [-0.1, -0.05) is 0 Å². The summed E-state index contributed by atoms with van der Waals surface area (Å²) in [5, 5.41) is 0. The van der Waals surface area contributed by atoms with E-state index in [1.54, 1.807) is 0 Å². The Bertz CT molecular complexity index is 301. The molecule has 68 valence electrons. The van der Waals surface area contributed by atoms with E-state index in [2.05, 4.69) is 0 Å². The fourth-order valence-corrected chi connectivity index (χ4v) is 4.79. The molecule has 4 aliphatic rings. The molecule has 6 atom stereocenters. The van der Waals surface area contributed by atoms with Gasteiger partial charge in [0.25, 0.3) is 0 Å². The van der Waals surface area contributed by atoms with Gasteiger partial charge >= 0.3 is 0 Å². The van der Waals surface area contributed by atoms with Crippen LogP contribution in [0.5, 0.6) is 0 Å². The van der Waals surface area contributed by atoms with Crippen molar-refractivity contribution in [2.45, 2.75) is 19.3 Å². The van der Waals surface area contributed by atoms with Crippen molar-refractivity contribution in [3.8, 4) is 0 Å². The van der Waals surface area contributed by atoms with Crippen LogP contribution >= 0.6 is 0 Å². The summed E-state index contributed by atoms with van der Waals surface area (Å²) in [5.41, 5.74) is 0. The van der Waals surface area contributed by atoms with Crippen LogP contribution < -0.4 is 0 Å². The Morgan fingerprint density at radius 2 is 1.31 bits per heavy atom. The number of ketones is 2. The maximum Gasteiger partial charge on any atom is 0.137 e. The van der Waals surface area contributed by atoms with Crippen LogP contribution in [0, 0.1) is 35.5 Å². The van der Waals surface area contributed by atoms with E-state index in [9.17, 15) is 9.59 Å². The Labute approximate surface area is 76.7 Å². The van der Waals surface area contributed by atoms with Gasteiger partial charge < -0.3 is 0 Å². The Morgan fingerprint density at radius 1 is 0.846 bits per heavy atom. The van der Waals surface area contributed by atoms with Crippen molar-refractivity contribution in [2.24, 2.45) is 35.5 Å². The molecular formula is C11H12O2. The Hall–Kier alpha value is -0.660. The summed E-state index contributed by atoms with van der Waals surface area (Å²) in [6, 6.07) is 0. The zero-order valence-corrected chi connectivity index (χ0v) is 7.40. The van der Waals surface area contributed by atoms with Gasteiger partial charge in [0.1, 0.15) is 11.6 Å². The van der Waals surface area contributed by atoms with E-state index in [0.29, 0.717) is 35.2 Å². The number of hydrogen-bond donors (Lipinski definition) is 0. The van der Waals surface area contributed by atoms with Gasteiger partial charge in [-0.2, -0.15) is 0 Å². The predicted molar refractivity (Wildman–Crippen MR) is 44.8 cm³/mol. The van der Waals surface area contributed by atoms with Crippen molar-refractivity contribution in [1.29, 1.82) is 0 Å². The lowest BCUT2D eigenvalue weighted by Gasteiger charge is -2.42. The third kappa shape index (κ3) is 0.527. The second kappa shape index (κ2) is 1.75. The van der Waals surface area contributed by atoms with Gasteiger partial charge in [-0.15, -0.1) is 0 Å². The predicted octanol–water partition coefficient (Wildman–Crippen LogP) is 1.05. The molecule has 0 spiro atoms. The number of Topliss-reactive ketones (excluding diaryl/α,β-unsaturated/α-hetero) is 2. The van der Waals surface area contributed by atoms with Crippen molar-refractivity contribution in [1.82, 2.24) is 0 Å². The quantitative estimate of drug-likeness (QED) is 0.552. The van der Waals surface area contributed by atoms with Gasteiger partial charge in [-0.3, -0.25) is 9.59 Å². The van der Waals surface area contributed by atoms with Crippen LogP contribution in [-0.2, 0) is 9.59 Å². The summed E-state index contributed by atoms with van der Waals surface area (Å²) in [5.74, 6) is 3.84. The van der Waals surface area contributed by atoms with Crippen molar-refractivity contribution in [2.75, 3.05) is 0 Å². The minimum atomic E-state index is 0.190. The minimum absolute atomic E-state index is 0.190. The third-order valence-corrected chi connectivity index (χ3v) is 5.03. The fraction of sp³-hybridized carbons (Fsp3) is 0.818. The highest BCUT2D eigenvalue weighted by Crippen LogP contribution is 2.69. The Balaban J connectivity index is 1.86. The van der Waals surface area contributed by atoms with Crippen LogP contribution in [0.25, 0.3) is 0 Å². The summed E-state index contributed by atoms with van der Waals surface area (Å²) >= 11 is 0. The van der Waals surface area contributed by atoms with E-state index in [0.717, 1.165) is 12.8 Å². The highest BCUT2D eigenvalue weighted by Gasteiger charge is 2.71. The van der Waals surface area contributed by atoms with Gasteiger partial charge in [0.15, 0.2) is 0 Å². The van der Waals surface area contributed by atoms with E-state index >= 15 is 0 Å². The molecular weight excluding hydrogens is 164 g/mol. The average Bonchev–Trinajstić information content (AvgIpc) is 2.40. The molecule has 2 heteroatoms. The van der Waals surface area contributed by atoms with Crippen LogP contribution in [0.15, 0.2) is 0 Å². The highest BCUT2D eigenvalue weighted by molar-refractivity contribution is 5.96. The number of fused-ring (bicyclic) bond motifs is 1. The topological polar surface area (TPSA) is 34.1 Å². The van der Waals surface area contributed by atoms with Gasteiger partial charge in [-0.25, -0.2) is 0 Å². The van der Waals surface area contributed by atoms with Crippen LogP contribution in [0.2, 0.25) is 0 Å². The van der Waals surface area contributed by atoms with E-state index in [4.69, 9.17) is 0 Å². The lowest BCUT2D eigenvalue weighted by atomic mass is 9.59. The summed E-state index contributed by atoms with van der Waals surface area (Å²) in [4.78, 5) is 23.2. The van der Waals surface area contributed by atoms with Crippen LogP contribution in [0.1, 0.15) is 19.3 Å². The molecule has 0 saturated heterocycles. The first kappa shape index (κ1) is 6.74. The molecule has 0 heterocycles. The molecule has 0 N–H and O–H groups in total. The molecule has 0 radical (unpaired) electrons. The lowest BCUT2D eigenvalue weighted by Crippen LogP contribution is -2.46. The fourth-order valence-electron chi connectivity index (χ4n) is 4.79. The number of rotatable bonds is 0. The first-order chi connectivity index (χ1) is 6.27. The third-order valence-electron chi connectivity index (χ3n) is 5.03. The summed E-state index contributed by atoms with van der Waals surface area (Å²) in [6.07, 6.45) is 2.78. The van der Waals surface area contributed by atoms with Crippen molar-refractivity contribution >= 4 is 11.6 Å². The normalized spacial score (nSPS) is 61.2. The Morgan fingerprint density at radius 3 is 1.77 bits per heavy atom. The summed E-state index contributed by atoms with van der Waals surface area (Å²) in [7, 11) is 0. The summed E-state index contributed by atoms with van der Waals surface area (Å²) < 4.78 is 0. The van der Waals surface area contributed by atoms with Crippen LogP contribution in [-0.4, -0.2) is 11.6 Å². The van der Waals surface area contributed by atoms with Gasteiger partial charge in [0.05, 0.1) is 0 Å². The van der Waals surface area contributed by atoms with Crippen molar-refractivity contribution in [3.05, 3.63) is 0 Å². The molecule has 4 fully saturated rings. The van der Waals surface area contributed by atoms with E-state index in [-0.39, 0.29) is 11.8 Å². The van der Waals surface area contributed by atoms with Gasteiger partial charge in [0.2, 0.25) is 0 Å². The first-order valence-corrected chi connectivity index (χ1v) is 5.33. The SMILES string of the molecule is O=C1C[C@@H]2C[C@H]3CC(=O)[C@@H]4[C@@H]1[C@@H]2[C@H]34. The molecule has 4 saturated carbocycles. The second-order valence-corrected chi connectivity index (χ2v) is 5.30. The minimum Gasteiger partial charge on any atom is -0.299 e. The van der Waals surface area contributed by atoms with Crippen LogP contribution in [0.4, 0.5) is 0 Å².